The normalized spacial score (nSPS) is 10.3. The Hall–Kier alpha value is -2.49. The van der Waals surface area contributed by atoms with Crippen molar-refractivity contribution in [3.8, 4) is 5.75 Å². The highest BCUT2D eigenvalue weighted by atomic mass is 16.3. The number of benzene rings is 2. The smallest absolute Gasteiger partial charge is 0.259 e. The molecule has 4 nitrogen and oxygen atoms in total. The second-order valence-electron chi connectivity index (χ2n) is 5.00. The molecule has 2 rings (SSSR count). The van der Waals surface area contributed by atoms with E-state index in [1.807, 2.05) is 32.9 Å². The molecule has 0 aliphatic rings. The Kier molecular flexibility index (Phi) is 3.66. The molecule has 0 atom stereocenters. The van der Waals surface area contributed by atoms with Crippen molar-refractivity contribution in [3.63, 3.8) is 0 Å². The minimum absolute atomic E-state index is 0.0297. The van der Waals surface area contributed by atoms with Gasteiger partial charge in [-0.2, -0.15) is 0 Å². The summed E-state index contributed by atoms with van der Waals surface area (Å²) in [5.41, 5.74) is 10.2. The standard InChI is InChI=1S/C16H18N2O2/c1-9-4-5-15(19)12(6-9)16(20)18-14-8-10(2)13(17)7-11(14)3/h4-8,19H,17H2,1-3H3,(H,18,20). The maximum Gasteiger partial charge on any atom is 0.259 e. The number of hydrogen-bond donors (Lipinski definition) is 3. The quantitative estimate of drug-likeness (QED) is 0.734. The molecule has 0 aliphatic heterocycles. The van der Waals surface area contributed by atoms with Crippen LogP contribution in [-0.4, -0.2) is 11.0 Å². The molecule has 0 unspecified atom stereocenters. The van der Waals surface area contributed by atoms with Crippen LogP contribution in [-0.2, 0) is 0 Å². The molecule has 2 aromatic carbocycles. The van der Waals surface area contributed by atoms with Gasteiger partial charge in [0.15, 0.2) is 0 Å². The zero-order valence-corrected chi connectivity index (χ0v) is 11.8. The highest BCUT2D eigenvalue weighted by Gasteiger charge is 2.13. The number of hydrogen-bond acceptors (Lipinski definition) is 3. The summed E-state index contributed by atoms with van der Waals surface area (Å²) in [5.74, 6) is -0.364. The number of aryl methyl sites for hydroxylation is 3. The summed E-state index contributed by atoms with van der Waals surface area (Å²) < 4.78 is 0. The van der Waals surface area contributed by atoms with Crippen LogP contribution < -0.4 is 11.1 Å². The van der Waals surface area contributed by atoms with E-state index in [4.69, 9.17) is 5.73 Å². The number of anilines is 2. The number of phenolic OH excluding ortho intramolecular Hbond substituents is 1. The van der Waals surface area contributed by atoms with E-state index in [1.165, 1.54) is 6.07 Å². The fourth-order valence-electron chi connectivity index (χ4n) is 1.99. The average molecular weight is 270 g/mol. The third kappa shape index (κ3) is 2.74. The van der Waals surface area contributed by atoms with E-state index in [0.29, 0.717) is 11.4 Å². The number of carbonyl (C=O) groups excluding carboxylic acids is 1. The van der Waals surface area contributed by atoms with Crippen LogP contribution in [0.5, 0.6) is 5.75 Å². The SMILES string of the molecule is Cc1ccc(O)c(C(=O)Nc2cc(C)c(N)cc2C)c1. The summed E-state index contributed by atoms with van der Waals surface area (Å²) in [5, 5.41) is 12.6. The molecule has 20 heavy (non-hydrogen) atoms. The molecule has 0 saturated carbocycles. The number of amides is 1. The highest BCUT2D eigenvalue weighted by molar-refractivity contribution is 6.06. The number of rotatable bonds is 2. The van der Waals surface area contributed by atoms with E-state index < -0.39 is 0 Å². The second-order valence-corrected chi connectivity index (χ2v) is 5.00. The number of nitrogens with one attached hydrogen (secondary N) is 1. The summed E-state index contributed by atoms with van der Waals surface area (Å²) in [6, 6.07) is 8.58. The van der Waals surface area contributed by atoms with Gasteiger partial charge in [-0.25, -0.2) is 0 Å². The van der Waals surface area contributed by atoms with E-state index >= 15 is 0 Å². The number of phenols is 1. The van der Waals surface area contributed by atoms with Gasteiger partial charge in [0, 0.05) is 11.4 Å². The number of aromatic hydroxyl groups is 1. The minimum Gasteiger partial charge on any atom is -0.507 e. The molecule has 0 bridgehead atoms. The molecule has 0 spiro atoms. The molecule has 2 aromatic rings. The fourth-order valence-corrected chi connectivity index (χ4v) is 1.99. The van der Waals surface area contributed by atoms with Gasteiger partial charge in [0.25, 0.3) is 5.91 Å². The third-order valence-electron chi connectivity index (χ3n) is 3.26. The van der Waals surface area contributed by atoms with Crippen LogP contribution in [0, 0.1) is 20.8 Å². The van der Waals surface area contributed by atoms with Crippen molar-refractivity contribution in [1.82, 2.24) is 0 Å². The Labute approximate surface area is 118 Å². The summed E-state index contributed by atoms with van der Waals surface area (Å²) in [7, 11) is 0. The molecule has 0 radical (unpaired) electrons. The molecule has 0 heterocycles. The lowest BCUT2D eigenvalue weighted by Crippen LogP contribution is -2.13. The molecule has 0 aliphatic carbocycles. The van der Waals surface area contributed by atoms with Gasteiger partial charge in [-0.3, -0.25) is 4.79 Å². The third-order valence-corrected chi connectivity index (χ3v) is 3.26. The van der Waals surface area contributed by atoms with Gasteiger partial charge in [0.2, 0.25) is 0 Å². The lowest BCUT2D eigenvalue weighted by molar-refractivity contribution is 0.102. The van der Waals surface area contributed by atoms with Crippen molar-refractivity contribution < 1.29 is 9.90 Å². The molecule has 0 fully saturated rings. The first kappa shape index (κ1) is 13.9. The average Bonchev–Trinajstić information content (AvgIpc) is 2.38. The van der Waals surface area contributed by atoms with Crippen molar-refractivity contribution in [1.29, 1.82) is 0 Å². The van der Waals surface area contributed by atoms with Crippen molar-refractivity contribution in [2.75, 3.05) is 11.1 Å². The van der Waals surface area contributed by atoms with Gasteiger partial charge < -0.3 is 16.2 Å². The Balaban J connectivity index is 2.32. The van der Waals surface area contributed by atoms with Crippen molar-refractivity contribution in [3.05, 3.63) is 52.6 Å². The monoisotopic (exact) mass is 270 g/mol. The van der Waals surface area contributed by atoms with Crippen LogP contribution in [0.15, 0.2) is 30.3 Å². The lowest BCUT2D eigenvalue weighted by atomic mass is 10.1. The zero-order valence-electron chi connectivity index (χ0n) is 11.8. The molecule has 104 valence electrons. The molecule has 1 amide bonds. The first-order valence-corrected chi connectivity index (χ1v) is 6.36. The largest absolute Gasteiger partial charge is 0.507 e. The molecule has 4 heteroatoms. The molecular weight excluding hydrogens is 252 g/mol. The maximum atomic E-state index is 12.2. The lowest BCUT2D eigenvalue weighted by Gasteiger charge is -2.12. The van der Waals surface area contributed by atoms with Crippen molar-refractivity contribution in [2.45, 2.75) is 20.8 Å². The van der Waals surface area contributed by atoms with Crippen LogP contribution >= 0.6 is 0 Å². The van der Waals surface area contributed by atoms with Crippen molar-refractivity contribution in [2.24, 2.45) is 0 Å². The van der Waals surface area contributed by atoms with Crippen molar-refractivity contribution >= 4 is 17.3 Å². The topological polar surface area (TPSA) is 75.3 Å². The maximum absolute atomic E-state index is 12.2. The summed E-state index contributed by atoms with van der Waals surface area (Å²) in [4.78, 5) is 12.2. The van der Waals surface area contributed by atoms with Crippen LogP contribution in [0.4, 0.5) is 11.4 Å². The minimum atomic E-state index is -0.335. The molecule has 0 saturated heterocycles. The van der Waals surface area contributed by atoms with E-state index in [2.05, 4.69) is 5.32 Å². The molecular formula is C16H18N2O2. The van der Waals surface area contributed by atoms with Gasteiger partial charge in [0.05, 0.1) is 5.56 Å². The summed E-state index contributed by atoms with van der Waals surface area (Å²) >= 11 is 0. The predicted octanol–water partition coefficient (Wildman–Crippen LogP) is 3.15. The Morgan fingerprint density at radius 2 is 1.80 bits per heavy atom. The molecule has 4 N–H and O–H groups in total. The Morgan fingerprint density at radius 3 is 2.50 bits per heavy atom. The van der Waals surface area contributed by atoms with Crippen LogP contribution in [0.25, 0.3) is 0 Å². The van der Waals surface area contributed by atoms with Gasteiger partial charge in [0.1, 0.15) is 5.75 Å². The Bertz CT molecular complexity index is 678. The van der Waals surface area contributed by atoms with E-state index in [0.717, 1.165) is 16.7 Å². The number of carbonyl (C=O) groups is 1. The first-order chi connectivity index (χ1) is 9.38. The number of nitrogen functional groups attached to an aromatic ring is 1. The van der Waals surface area contributed by atoms with Crippen LogP contribution in [0.2, 0.25) is 0 Å². The Morgan fingerprint density at radius 1 is 1.10 bits per heavy atom. The van der Waals surface area contributed by atoms with E-state index in [9.17, 15) is 9.90 Å². The second kappa shape index (κ2) is 5.25. The van der Waals surface area contributed by atoms with Crippen LogP contribution in [0.1, 0.15) is 27.0 Å². The summed E-state index contributed by atoms with van der Waals surface area (Å²) in [6.07, 6.45) is 0. The zero-order chi connectivity index (χ0) is 14.9. The van der Waals surface area contributed by atoms with E-state index in [-0.39, 0.29) is 17.2 Å². The fraction of sp³-hybridized carbons (Fsp3) is 0.188. The van der Waals surface area contributed by atoms with Crippen LogP contribution in [0.3, 0.4) is 0 Å². The van der Waals surface area contributed by atoms with E-state index in [1.54, 1.807) is 12.1 Å². The van der Waals surface area contributed by atoms with Gasteiger partial charge in [-0.1, -0.05) is 11.6 Å². The predicted molar refractivity (Wildman–Crippen MR) is 81.1 cm³/mol. The molecule has 0 aromatic heterocycles. The van der Waals surface area contributed by atoms with Gasteiger partial charge in [-0.05, 0) is 56.2 Å². The van der Waals surface area contributed by atoms with Gasteiger partial charge in [-0.15, -0.1) is 0 Å². The van der Waals surface area contributed by atoms with Gasteiger partial charge >= 0.3 is 0 Å². The number of nitrogens with two attached hydrogens (primary N) is 1. The summed E-state index contributed by atoms with van der Waals surface area (Å²) in [6.45, 7) is 5.63. The first-order valence-electron chi connectivity index (χ1n) is 6.36. The highest BCUT2D eigenvalue weighted by Crippen LogP contribution is 2.24.